The zero-order valence-electron chi connectivity index (χ0n) is 9.46. The molecule has 0 bridgehead atoms. The fourth-order valence-electron chi connectivity index (χ4n) is 2.74. The van der Waals surface area contributed by atoms with Crippen LogP contribution in [0.4, 0.5) is 0 Å². The molecule has 0 N–H and O–H groups in total. The van der Waals surface area contributed by atoms with Crippen LogP contribution in [-0.4, -0.2) is 50.3 Å². The van der Waals surface area contributed by atoms with Crippen molar-refractivity contribution in [3.8, 4) is 0 Å². The van der Waals surface area contributed by atoms with Crippen LogP contribution < -0.4 is 0 Å². The molecule has 2 heterocycles. The first-order chi connectivity index (χ1) is 6.74. The molecule has 14 heavy (non-hydrogen) atoms. The quantitative estimate of drug-likeness (QED) is 0.632. The van der Waals surface area contributed by atoms with E-state index in [1.54, 1.807) is 7.11 Å². The molecule has 0 aliphatic carbocycles. The van der Waals surface area contributed by atoms with Crippen molar-refractivity contribution >= 4 is 0 Å². The van der Waals surface area contributed by atoms with Gasteiger partial charge in [0.05, 0.1) is 7.11 Å². The van der Waals surface area contributed by atoms with E-state index < -0.39 is 0 Å². The molecule has 0 unspecified atom stereocenters. The first-order valence-corrected chi connectivity index (χ1v) is 5.72. The van der Waals surface area contributed by atoms with Crippen molar-refractivity contribution in [1.82, 2.24) is 9.96 Å². The van der Waals surface area contributed by atoms with Gasteiger partial charge in [-0.1, -0.05) is 0 Å². The number of hydrogen-bond acceptors (Lipinski definition) is 3. The molecule has 0 aromatic carbocycles. The van der Waals surface area contributed by atoms with Gasteiger partial charge < -0.3 is 9.74 Å². The van der Waals surface area contributed by atoms with Crippen LogP contribution in [-0.2, 0) is 4.84 Å². The summed E-state index contributed by atoms with van der Waals surface area (Å²) < 4.78 is 0. The Morgan fingerprint density at radius 1 is 0.929 bits per heavy atom. The predicted octanol–water partition coefficient (Wildman–Crippen LogP) is 1.36. The third-order valence-electron chi connectivity index (χ3n) is 4.09. The molecule has 2 aliphatic heterocycles. The van der Waals surface area contributed by atoms with Crippen LogP contribution in [0.25, 0.3) is 0 Å². The molecule has 2 saturated heterocycles. The molecule has 0 saturated carbocycles. The summed E-state index contributed by atoms with van der Waals surface area (Å²) in [5.74, 6) is 0. The molecule has 2 fully saturated rings. The standard InChI is InChI=1S/C11H22N2O/c1-12-7-3-11(4-8-12)5-9-13(14-2)10-6-11/h3-10H2,1-2H3. The summed E-state index contributed by atoms with van der Waals surface area (Å²) in [5, 5.41) is 2.10. The number of piperidine rings is 2. The average Bonchev–Trinajstić information content (AvgIpc) is 2.24. The van der Waals surface area contributed by atoms with Crippen molar-refractivity contribution in [3.05, 3.63) is 0 Å². The van der Waals surface area contributed by atoms with Crippen LogP contribution in [0.2, 0.25) is 0 Å². The largest absolute Gasteiger partial charge is 0.306 e. The van der Waals surface area contributed by atoms with E-state index in [9.17, 15) is 0 Å². The van der Waals surface area contributed by atoms with Gasteiger partial charge in [-0.05, 0) is 51.2 Å². The van der Waals surface area contributed by atoms with Crippen LogP contribution in [0, 0.1) is 5.41 Å². The van der Waals surface area contributed by atoms with E-state index in [1.807, 2.05) is 0 Å². The van der Waals surface area contributed by atoms with Gasteiger partial charge in [0.15, 0.2) is 0 Å². The molecule has 0 aromatic rings. The van der Waals surface area contributed by atoms with Gasteiger partial charge in [-0.25, -0.2) is 0 Å². The minimum Gasteiger partial charge on any atom is -0.306 e. The van der Waals surface area contributed by atoms with Crippen LogP contribution in [0.5, 0.6) is 0 Å². The predicted molar refractivity (Wildman–Crippen MR) is 57.0 cm³/mol. The first kappa shape index (κ1) is 10.4. The van der Waals surface area contributed by atoms with Crippen LogP contribution in [0.1, 0.15) is 25.7 Å². The van der Waals surface area contributed by atoms with Crippen LogP contribution >= 0.6 is 0 Å². The highest BCUT2D eigenvalue weighted by Gasteiger charge is 2.36. The summed E-state index contributed by atoms with van der Waals surface area (Å²) >= 11 is 0. The fraction of sp³-hybridized carbons (Fsp3) is 1.00. The minimum atomic E-state index is 0.654. The Hall–Kier alpha value is -0.120. The molecular formula is C11H22N2O. The van der Waals surface area contributed by atoms with E-state index in [0.717, 1.165) is 13.1 Å². The first-order valence-electron chi connectivity index (χ1n) is 5.72. The zero-order chi connectivity index (χ0) is 10.0. The molecule has 0 radical (unpaired) electrons. The molecule has 0 amide bonds. The van der Waals surface area contributed by atoms with Crippen molar-refractivity contribution in [1.29, 1.82) is 0 Å². The Kier molecular flexibility index (Phi) is 3.10. The van der Waals surface area contributed by atoms with Crippen molar-refractivity contribution in [2.24, 2.45) is 5.41 Å². The van der Waals surface area contributed by atoms with Gasteiger partial charge in [0.25, 0.3) is 0 Å². The van der Waals surface area contributed by atoms with Gasteiger partial charge in [-0.15, -0.1) is 0 Å². The highest BCUT2D eigenvalue weighted by molar-refractivity contribution is 4.88. The minimum absolute atomic E-state index is 0.654. The fourth-order valence-corrected chi connectivity index (χ4v) is 2.74. The Morgan fingerprint density at radius 2 is 1.43 bits per heavy atom. The van der Waals surface area contributed by atoms with Gasteiger partial charge >= 0.3 is 0 Å². The Morgan fingerprint density at radius 3 is 1.93 bits per heavy atom. The van der Waals surface area contributed by atoms with Crippen LogP contribution in [0.15, 0.2) is 0 Å². The highest BCUT2D eigenvalue weighted by Crippen LogP contribution is 2.40. The Balaban J connectivity index is 1.86. The third kappa shape index (κ3) is 2.10. The van der Waals surface area contributed by atoms with Crippen molar-refractivity contribution in [3.63, 3.8) is 0 Å². The summed E-state index contributed by atoms with van der Waals surface area (Å²) in [6.45, 7) is 4.82. The zero-order valence-corrected chi connectivity index (χ0v) is 9.46. The van der Waals surface area contributed by atoms with Crippen LogP contribution in [0.3, 0.4) is 0 Å². The van der Waals surface area contributed by atoms with E-state index in [4.69, 9.17) is 4.84 Å². The van der Waals surface area contributed by atoms with E-state index in [2.05, 4.69) is 17.0 Å². The normalized spacial score (nSPS) is 29.6. The second-order valence-corrected chi connectivity index (χ2v) is 4.91. The number of rotatable bonds is 1. The van der Waals surface area contributed by atoms with E-state index in [-0.39, 0.29) is 0 Å². The molecule has 2 rings (SSSR count). The highest BCUT2D eigenvalue weighted by atomic mass is 16.7. The number of hydroxylamine groups is 2. The smallest absolute Gasteiger partial charge is 0.0575 e. The lowest BCUT2D eigenvalue weighted by atomic mass is 9.71. The average molecular weight is 198 g/mol. The van der Waals surface area contributed by atoms with Gasteiger partial charge in [0.1, 0.15) is 0 Å². The van der Waals surface area contributed by atoms with Gasteiger partial charge in [0.2, 0.25) is 0 Å². The number of hydrogen-bond donors (Lipinski definition) is 0. The van der Waals surface area contributed by atoms with E-state index in [0.29, 0.717) is 5.41 Å². The van der Waals surface area contributed by atoms with Gasteiger partial charge in [0, 0.05) is 13.1 Å². The maximum Gasteiger partial charge on any atom is 0.0575 e. The SMILES string of the molecule is CON1CCC2(CCN(C)CC2)CC1. The summed E-state index contributed by atoms with van der Waals surface area (Å²) in [5.41, 5.74) is 0.654. The maximum absolute atomic E-state index is 5.27. The summed E-state index contributed by atoms with van der Waals surface area (Å²) in [4.78, 5) is 7.72. The third-order valence-corrected chi connectivity index (χ3v) is 4.09. The second kappa shape index (κ2) is 4.17. The summed E-state index contributed by atoms with van der Waals surface area (Å²) in [6, 6.07) is 0. The molecule has 1 spiro atoms. The van der Waals surface area contributed by atoms with E-state index in [1.165, 1.54) is 38.8 Å². The Bertz CT molecular complexity index is 178. The molecule has 0 aromatic heterocycles. The van der Waals surface area contributed by atoms with Gasteiger partial charge in [-0.2, -0.15) is 5.06 Å². The lowest BCUT2D eigenvalue weighted by molar-refractivity contribution is -0.163. The molecule has 82 valence electrons. The summed E-state index contributed by atoms with van der Waals surface area (Å²) in [7, 11) is 4.02. The Labute approximate surface area is 87.0 Å². The second-order valence-electron chi connectivity index (χ2n) is 4.91. The summed E-state index contributed by atoms with van der Waals surface area (Å²) in [6.07, 6.45) is 5.44. The number of nitrogens with zero attached hydrogens (tertiary/aromatic N) is 2. The molecule has 2 aliphatic rings. The maximum atomic E-state index is 5.27. The molecule has 0 atom stereocenters. The lowest BCUT2D eigenvalue weighted by Gasteiger charge is -2.45. The van der Waals surface area contributed by atoms with Crippen molar-refractivity contribution in [2.45, 2.75) is 25.7 Å². The van der Waals surface area contributed by atoms with Crippen molar-refractivity contribution < 1.29 is 4.84 Å². The molecule has 3 nitrogen and oxygen atoms in total. The monoisotopic (exact) mass is 198 g/mol. The topological polar surface area (TPSA) is 15.7 Å². The molecular weight excluding hydrogens is 176 g/mol. The number of likely N-dealkylation sites (tertiary alicyclic amines) is 1. The lowest BCUT2D eigenvalue weighted by Crippen LogP contribution is -2.45. The van der Waals surface area contributed by atoms with Crippen molar-refractivity contribution in [2.75, 3.05) is 40.3 Å². The van der Waals surface area contributed by atoms with E-state index >= 15 is 0 Å². The molecule has 3 heteroatoms. The van der Waals surface area contributed by atoms with Gasteiger partial charge in [-0.3, -0.25) is 0 Å².